The first-order valence-corrected chi connectivity index (χ1v) is 11.4. The van der Waals surface area contributed by atoms with Crippen LogP contribution in [0.15, 0.2) is 0 Å². The third kappa shape index (κ3) is 25.3. The van der Waals surface area contributed by atoms with Crippen LogP contribution in [0.25, 0.3) is 0 Å². The van der Waals surface area contributed by atoms with Crippen molar-refractivity contribution in [2.75, 3.05) is 65.2 Å². The Balaban J connectivity index is 0. The summed E-state index contributed by atoms with van der Waals surface area (Å²) in [4.78, 5) is 22.6. The van der Waals surface area contributed by atoms with Crippen molar-refractivity contribution in [3.8, 4) is 0 Å². The van der Waals surface area contributed by atoms with Crippen LogP contribution in [0, 0.1) is 0 Å². The van der Waals surface area contributed by atoms with Crippen molar-refractivity contribution in [3.63, 3.8) is 0 Å². The number of hydrogen-bond acceptors (Lipinski definition) is 7. The molecule has 0 aromatic carbocycles. The molecule has 0 saturated carbocycles. The highest BCUT2D eigenvalue weighted by molar-refractivity contribution is 8.13. The van der Waals surface area contributed by atoms with Gasteiger partial charge in [-0.1, -0.05) is 45.9 Å². The number of carbonyl (C=O) groups excluding carboxylic acids is 2. The van der Waals surface area contributed by atoms with E-state index in [9.17, 15) is 9.59 Å². The van der Waals surface area contributed by atoms with E-state index in [-0.39, 0.29) is 11.0 Å². The number of ether oxygens (including phenoxy) is 4. The van der Waals surface area contributed by atoms with E-state index in [4.69, 9.17) is 18.9 Å². The van der Waals surface area contributed by atoms with Gasteiger partial charge in [-0.2, -0.15) is 0 Å². The van der Waals surface area contributed by atoms with Crippen molar-refractivity contribution in [2.24, 2.45) is 0 Å². The lowest BCUT2D eigenvalue weighted by atomic mass is 10.2. The summed E-state index contributed by atoms with van der Waals surface area (Å²) in [6.07, 6.45) is 2.98. The van der Waals surface area contributed by atoms with Gasteiger partial charge in [0.05, 0.1) is 52.9 Å². The first-order chi connectivity index (χ1) is 13.7. The van der Waals surface area contributed by atoms with Crippen LogP contribution < -0.4 is 5.32 Å². The molecule has 0 atom stereocenters. The fraction of sp³-hybridized carbons (Fsp3) is 0.900. The third-order valence-electron chi connectivity index (χ3n) is 3.20. The van der Waals surface area contributed by atoms with Gasteiger partial charge in [0.25, 0.3) is 0 Å². The van der Waals surface area contributed by atoms with E-state index >= 15 is 0 Å². The number of hydrogen-bond donors (Lipinski definition) is 1. The number of carbonyl (C=O) groups is 2. The summed E-state index contributed by atoms with van der Waals surface area (Å²) in [7, 11) is 0. The maximum atomic E-state index is 11.3. The van der Waals surface area contributed by atoms with Gasteiger partial charge in [-0.25, -0.2) is 0 Å². The smallest absolute Gasteiger partial charge is 0.220 e. The summed E-state index contributed by atoms with van der Waals surface area (Å²) in [5.74, 6) is 0.891. The SMILES string of the molecule is CC.CCCCC(=O)NCCOCCOCCOCCOCCC(=O)SCC. The molecule has 0 aliphatic carbocycles. The molecule has 0 bridgehead atoms. The van der Waals surface area contributed by atoms with Gasteiger partial charge in [0.1, 0.15) is 0 Å². The zero-order valence-electron chi connectivity index (χ0n) is 18.3. The lowest BCUT2D eigenvalue weighted by molar-refractivity contribution is -0.121. The number of nitrogens with one attached hydrogen (secondary N) is 1. The maximum absolute atomic E-state index is 11.3. The van der Waals surface area contributed by atoms with E-state index in [1.165, 1.54) is 11.8 Å². The van der Waals surface area contributed by atoms with Crippen molar-refractivity contribution in [2.45, 2.75) is 53.4 Å². The van der Waals surface area contributed by atoms with Crippen LogP contribution in [0.3, 0.4) is 0 Å². The highest BCUT2D eigenvalue weighted by Crippen LogP contribution is 2.03. The number of thioether (sulfide) groups is 1. The van der Waals surface area contributed by atoms with Crippen LogP contribution >= 0.6 is 11.8 Å². The van der Waals surface area contributed by atoms with Gasteiger partial charge >= 0.3 is 0 Å². The molecule has 8 heteroatoms. The Morgan fingerprint density at radius 2 is 1.25 bits per heavy atom. The quantitative estimate of drug-likeness (QED) is 0.320. The Kier molecular flexibility index (Phi) is 27.8. The lowest BCUT2D eigenvalue weighted by Gasteiger charge is -2.08. The van der Waals surface area contributed by atoms with Crippen LogP contribution in [0.2, 0.25) is 0 Å². The molecule has 0 saturated heterocycles. The highest BCUT2D eigenvalue weighted by Gasteiger charge is 2.00. The fourth-order valence-corrected chi connectivity index (χ4v) is 2.39. The van der Waals surface area contributed by atoms with E-state index in [2.05, 4.69) is 12.2 Å². The van der Waals surface area contributed by atoms with Gasteiger partial charge in [0.2, 0.25) is 5.91 Å². The summed E-state index contributed by atoms with van der Waals surface area (Å²) in [5, 5.41) is 2.98. The summed E-state index contributed by atoms with van der Waals surface area (Å²) >= 11 is 1.33. The summed E-state index contributed by atoms with van der Waals surface area (Å²) in [6, 6.07) is 0. The second-order valence-corrected chi connectivity index (χ2v) is 6.78. The van der Waals surface area contributed by atoms with Crippen molar-refractivity contribution >= 4 is 22.8 Å². The molecule has 0 aliphatic rings. The summed E-state index contributed by atoms with van der Waals surface area (Å²) in [5.41, 5.74) is 0. The second kappa shape index (κ2) is 26.3. The molecular weight excluding hydrogens is 382 g/mol. The average Bonchev–Trinajstić information content (AvgIpc) is 2.71. The Morgan fingerprint density at radius 3 is 1.75 bits per heavy atom. The molecule has 0 aromatic heterocycles. The Labute approximate surface area is 175 Å². The number of amides is 1. The van der Waals surface area contributed by atoms with Crippen LogP contribution in [0.4, 0.5) is 0 Å². The molecule has 0 heterocycles. The van der Waals surface area contributed by atoms with Gasteiger partial charge < -0.3 is 24.3 Å². The van der Waals surface area contributed by atoms with Gasteiger partial charge in [0, 0.05) is 19.4 Å². The molecule has 7 nitrogen and oxygen atoms in total. The minimum absolute atomic E-state index is 0.0827. The van der Waals surface area contributed by atoms with Gasteiger partial charge in [0.15, 0.2) is 5.12 Å². The second-order valence-electron chi connectivity index (χ2n) is 5.46. The van der Waals surface area contributed by atoms with Crippen molar-refractivity contribution in [1.82, 2.24) is 5.32 Å². The van der Waals surface area contributed by atoms with E-state index in [0.29, 0.717) is 72.2 Å². The Morgan fingerprint density at radius 1 is 0.750 bits per heavy atom. The molecule has 0 rings (SSSR count). The molecule has 0 aliphatic heterocycles. The molecule has 168 valence electrons. The normalized spacial score (nSPS) is 10.3. The zero-order valence-corrected chi connectivity index (χ0v) is 19.1. The fourth-order valence-electron chi connectivity index (χ4n) is 1.84. The van der Waals surface area contributed by atoms with E-state index in [0.717, 1.165) is 18.6 Å². The average molecular weight is 424 g/mol. The monoisotopic (exact) mass is 423 g/mol. The first-order valence-electron chi connectivity index (χ1n) is 10.4. The summed E-state index contributed by atoms with van der Waals surface area (Å²) < 4.78 is 21.4. The maximum Gasteiger partial charge on any atom is 0.220 e. The largest absolute Gasteiger partial charge is 0.379 e. The van der Waals surface area contributed by atoms with E-state index in [1.807, 2.05) is 20.8 Å². The highest BCUT2D eigenvalue weighted by atomic mass is 32.2. The van der Waals surface area contributed by atoms with Crippen LogP contribution in [-0.2, 0) is 28.5 Å². The molecule has 1 N–H and O–H groups in total. The minimum Gasteiger partial charge on any atom is -0.379 e. The molecule has 28 heavy (non-hydrogen) atoms. The third-order valence-corrected chi connectivity index (χ3v) is 4.01. The molecule has 1 amide bonds. The Bertz CT molecular complexity index is 345. The number of rotatable bonds is 19. The van der Waals surface area contributed by atoms with E-state index in [1.54, 1.807) is 0 Å². The van der Waals surface area contributed by atoms with Gasteiger partial charge in [-0.15, -0.1) is 0 Å². The van der Waals surface area contributed by atoms with Crippen molar-refractivity contribution in [3.05, 3.63) is 0 Å². The zero-order chi connectivity index (χ0) is 21.3. The molecule has 0 fully saturated rings. The standard InChI is InChI=1S/C18H35NO6S.C2H6/c1-3-5-6-17(20)19-8-10-23-12-14-25-16-15-24-13-11-22-9-7-18(21)26-4-2;1-2/h3-16H2,1-2H3,(H,19,20);1-2H3. The molecule has 0 spiro atoms. The molecule has 0 radical (unpaired) electrons. The predicted octanol–water partition coefficient (Wildman–Crippen LogP) is 3.06. The van der Waals surface area contributed by atoms with Crippen LogP contribution in [-0.4, -0.2) is 76.2 Å². The molecular formula is C20H41NO6S. The molecule has 0 aromatic rings. The minimum atomic E-state index is 0.0827. The van der Waals surface area contributed by atoms with E-state index < -0.39 is 0 Å². The van der Waals surface area contributed by atoms with Gasteiger partial charge in [-0.05, 0) is 12.2 Å². The van der Waals surface area contributed by atoms with Crippen LogP contribution in [0.1, 0.15) is 53.4 Å². The van der Waals surface area contributed by atoms with Crippen LogP contribution in [0.5, 0.6) is 0 Å². The van der Waals surface area contributed by atoms with Crippen molar-refractivity contribution in [1.29, 1.82) is 0 Å². The van der Waals surface area contributed by atoms with Crippen molar-refractivity contribution < 1.29 is 28.5 Å². The van der Waals surface area contributed by atoms with Gasteiger partial charge in [-0.3, -0.25) is 9.59 Å². The Hall–Kier alpha value is -0.670. The number of unbranched alkanes of at least 4 members (excludes halogenated alkanes) is 1. The lowest BCUT2D eigenvalue weighted by Crippen LogP contribution is -2.27. The first kappa shape index (κ1) is 29.5. The predicted molar refractivity (Wildman–Crippen MR) is 115 cm³/mol. The molecule has 0 unspecified atom stereocenters. The topological polar surface area (TPSA) is 83.1 Å². The summed E-state index contributed by atoms with van der Waals surface area (Å²) in [6.45, 7) is 12.5.